The predicted octanol–water partition coefficient (Wildman–Crippen LogP) is 3.15. The number of aryl methyl sites for hydroxylation is 2. The summed E-state index contributed by atoms with van der Waals surface area (Å²) in [7, 11) is 0. The molecule has 0 aliphatic heterocycles. The summed E-state index contributed by atoms with van der Waals surface area (Å²) in [5, 5.41) is 16.6. The first-order valence-electron chi connectivity index (χ1n) is 6.83. The number of nitrogens with zero attached hydrogens (tertiary/aromatic N) is 3. The van der Waals surface area contributed by atoms with Crippen LogP contribution in [0, 0.1) is 17.0 Å². The zero-order chi connectivity index (χ0) is 17.9. The first kappa shape index (κ1) is 17.4. The summed E-state index contributed by atoms with van der Waals surface area (Å²) in [4.78, 5) is 22.1. The second kappa shape index (κ2) is 6.69. The number of nitro groups is 1. The van der Waals surface area contributed by atoms with Crippen molar-refractivity contribution in [3.63, 3.8) is 0 Å². The van der Waals surface area contributed by atoms with Gasteiger partial charge in [-0.05, 0) is 19.1 Å². The number of para-hydroxylation sites is 2. The Balaban J connectivity index is 2.02. The zero-order valence-electron chi connectivity index (χ0n) is 12.5. The summed E-state index contributed by atoms with van der Waals surface area (Å²) in [6.07, 6.45) is -4.73. The van der Waals surface area contributed by atoms with Gasteiger partial charge in [-0.25, -0.2) is 0 Å². The van der Waals surface area contributed by atoms with Gasteiger partial charge in [0.25, 0.3) is 5.69 Å². The van der Waals surface area contributed by atoms with Gasteiger partial charge in [0.15, 0.2) is 5.69 Å². The highest BCUT2D eigenvalue weighted by atomic mass is 19.4. The molecule has 7 nitrogen and oxygen atoms in total. The number of nitro benzene ring substituents is 1. The van der Waals surface area contributed by atoms with Gasteiger partial charge in [-0.15, -0.1) is 0 Å². The summed E-state index contributed by atoms with van der Waals surface area (Å²) >= 11 is 0. The van der Waals surface area contributed by atoms with Crippen molar-refractivity contribution in [3.05, 3.63) is 51.8 Å². The van der Waals surface area contributed by atoms with E-state index in [1.165, 1.54) is 31.2 Å². The van der Waals surface area contributed by atoms with Crippen molar-refractivity contribution in [2.75, 3.05) is 5.32 Å². The molecule has 0 unspecified atom stereocenters. The standard InChI is InChI=1S/C14H13F3N4O3/c1-9-8-12(14(15,16)17)19-20(9)7-6-13(22)18-10-4-2-3-5-11(10)21(23)24/h2-5,8H,6-7H2,1H3,(H,18,22). The van der Waals surface area contributed by atoms with Crippen LogP contribution in [-0.4, -0.2) is 20.6 Å². The van der Waals surface area contributed by atoms with Gasteiger partial charge in [-0.2, -0.15) is 18.3 Å². The number of nitrogens with one attached hydrogen (secondary N) is 1. The number of carbonyl (C=O) groups is 1. The number of alkyl halides is 3. The third-order valence-corrected chi connectivity index (χ3v) is 3.20. The van der Waals surface area contributed by atoms with E-state index in [-0.39, 0.29) is 30.0 Å². The Morgan fingerprint density at radius 1 is 1.38 bits per heavy atom. The molecule has 0 fully saturated rings. The second-order valence-corrected chi connectivity index (χ2v) is 4.96. The lowest BCUT2D eigenvalue weighted by Gasteiger charge is -2.07. The van der Waals surface area contributed by atoms with Crippen LogP contribution < -0.4 is 5.32 Å². The van der Waals surface area contributed by atoms with Crippen LogP contribution >= 0.6 is 0 Å². The van der Waals surface area contributed by atoms with Crippen molar-refractivity contribution in [1.82, 2.24) is 9.78 Å². The van der Waals surface area contributed by atoms with Crippen molar-refractivity contribution in [2.24, 2.45) is 0 Å². The Bertz CT molecular complexity index is 771. The van der Waals surface area contributed by atoms with Gasteiger partial charge in [0.05, 0.1) is 4.92 Å². The lowest BCUT2D eigenvalue weighted by molar-refractivity contribution is -0.383. The monoisotopic (exact) mass is 342 g/mol. The molecular formula is C14H13F3N4O3. The quantitative estimate of drug-likeness (QED) is 0.667. The van der Waals surface area contributed by atoms with E-state index in [1.54, 1.807) is 0 Å². The van der Waals surface area contributed by atoms with Crippen LogP contribution in [0.1, 0.15) is 17.8 Å². The van der Waals surface area contributed by atoms with E-state index in [2.05, 4.69) is 10.4 Å². The molecule has 2 aromatic rings. The van der Waals surface area contributed by atoms with Crippen LogP contribution in [0.2, 0.25) is 0 Å². The first-order valence-corrected chi connectivity index (χ1v) is 6.83. The molecule has 1 heterocycles. The lowest BCUT2D eigenvalue weighted by atomic mass is 10.2. The summed E-state index contributed by atoms with van der Waals surface area (Å²) < 4.78 is 38.8. The van der Waals surface area contributed by atoms with Crippen LogP contribution in [0.4, 0.5) is 24.5 Å². The van der Waals surface area contributed by atoms with Crippen LogP contribution in [0.25, 0.3) is 0 Å². The number of hydrogen-bond acceptors (Lipinski definition) is 4. The molecule has 0 aliphatic rings. The highest BCUT2D eigenvalue weighted by Gasteiger charge is 2.34. The number of anilines is 1. The van der Waals surface area contributed by atoms with Gasteiger partial charge in [-0.1, -0.05) is 12.1 Å². The topological polar surface area (TPSA) is 90.1 Å². The predicted molar refractivity (Wildman–Crippen MR) is 78.3 cm³/mol. The van der Waals surface area contributed by atoms with E-state index in [0.717, 1.165) is 10.7 Å². The third kappa shape index (κ3) is 4.09. The number of rotatable bonds is 5. The maximum absolute atomic E-state index is 12.6. The van der Waals surface area contributed by atoms with E-state index in [0.29, 0.717) is 0 Å². The fourth-order valence-electron chi connectivity index (χ4n) is 2.03. The fourth-order valence-corrected chi connectivity index (χ4v) is 2.03. The SMILES string of the molecule is Cc1cc(C(F)(F)F)nn1CCC(=O)Nc1ccccc1[N+](=O)[O-]. The van der Waals surface area contributed by atoms with E-state index in [9.17, 15) is 28.1 Å². The minimum atomic E-state index is -4.55. The summed E-state index contributed by atoms with van der Waals surface area (Å²) in [5.41, 5.74) is -0.999. The molecule has 1 N–H and O–H groups in total. The van der Waals surface area contributed by atoms with E-state index < -0.39 is 22.7 Å². The smallest absolute Gasteiger partial charge is 0.320 e. The number of carbonyl (C=O) groups excluding carboxylic acids is 1. The number of benzene rings is 1. The molecule has 0 atom stereocenters. The Labute approximate surface area is 134 Å². The van der Waals surface area contributed by atoms with Crippen LogP contribution in [0.15, 0.2) is 30.3 Å². The Morgan fingerprint density at radius 3 is 2.62 bits per heavy atom. The zero-order valence-corrected chi connectivity index (χ0v) is 12.5. The molecule has 0 bridgehead atoms. The average molecular weight is 342 g/mol. The molecule has 2 rings (SSSR count). The maximum Gasteiger partial charge on any atom is 0.435 e. The largest absolute Gasteiger partial charge is 0.435 e. The minimum Gasteiger partial charge on any atom is -0.320 e. The van der Waals surface area contributed by atoms with Crippen LogP contribution in [0.5, 0.6) is 0 Å². The van der Waals surface area contributed by atoms with Crippen molar-refractivity contribution in [1.29, 1.82) is 0 Å². The third-order valence-electron chi connectivity index (χ3n) is 3.20. The van der Waals surface area contributed by atoms with Crippen molar-refractivity contribution >= 4 is 17.3 Å². The van der Waals surface area contributed by atoms with Crippen LogP contribution in [-0.2, 0) is 17.5 Å². The molecular weight excluding hydrogens is 329 g/mol. The van der Waals surface area contributed by atoms with Crippen molar-refractivity contribution in [2.45, 2.75) is 26.1 Å². The Kier molecular flexibility index (Phi) is 4.86. The van der Waals surface area contributed by atoms with E-state index in [1.807, 2.05) is 0 Å². The van der Waals surface area contributed by atoms with Gasteiger partial charge < -0.3 is 5.32 Å². The molecule has 24 heavy (non-hydrogen) atoms. The number of aromatic nitrogens is 2. The van der Waals surface area contributed by atoms with Crippen molar-refractivity contribution < 1.29 is 22.9 Å². The summed E-state index contributed by atoms with van der Waals surface area (Å²) in [5.74, 6) is -0.562. The molecule has 1 amide bonds. The van der Waals surface area contributed by atoms with Crippen molar-refractivity contribution in [3.8, 4) is 0 Å². The molecule has 0 saturated carbocycles. The first-order chi connectivity index (χ1) is 11.2. The number of halogens is 3. The molecule has 1 aromatic carbocycles. The van der Waals surface area contributed by atoms with Gasteiger partial charge >= 0.3 is 6.18 Å². The van der Waals surface area contributed by atoms with E-state index >= 15 is 0 Å². The van der Waals surface area contributed by atoms with Gasteiger partial charge in [-0.3, -0.25) is 19.6 Å². The van der Waals surface area contributed by atoms with Gasteiger partial charge in [0.1, 0.15) is 5.69 Å². The van der Waals surface area contributed by atoms with Gasteiger partial charge in [0.2, 0.25) is 5.91 Å². The van der Waals surface area contributed by atoms with Crippen LogP contribution in [0.3, 0.4) is 0 Å². The average Bonchev–Trinajstić information content (AvgIpc) is 2.87. The molecule has 1 aromatic heterocycles. The maximum atomic E-state index is 12.6. The summed E-state index contributed by atoms with van der Waals surface area (Å²) in [6.45, 7) is 1.37. The number of hydrogen-bond donors (Lipinski definition) is 1. The Hall–Kier alpha value is -2.91. The molecule has 0 spiro atoms. The molecule has 0 aliphatic carbocycles. The highest BCUT2D eigenvalue weighted by molar-refractivity contribution is 5.92. The van der Waals surface area contributed by atoms with E-state index in [4.69, 9.17) is 0 Å². The Morgan fingerprint density at radius 2 is 2.04 bits per heavy atom. The van der Waals surface area contributed by atoms with Gasteiger partial charge in [0, 0.05) is 24.7 Å². The molecule has 128 valence electrons. The lowest BCUT2D eigenvalue weighted by Crippen LogP contribution is -2.16. The molecule has 10 heteroatoms. The number of amides is 1. The second-order valence-electron chi connectivity index (χ2n) is 4.96. The molecule has 0 radical (unpaired) electrons. The highest BCUT2D eigenvalue weighted by Crippen LogP contribution is 2.28. The summed E-state index contributed by atoms with van der Waals surface area (Å²) in [6, 6.07) is 6.48. The molecule has 0 saturated heterocycles. The fraction of sp³-hybridized carbons (Fsp3) is 0.286. The normalized spacial score (nSPS) is 11.3. The minimum absolute atomic E-state index is 0.0284.